The van der Waals surface area contributed by atoms with Gasteiger partial charge in [-0.3, -0.25) is 0 Å². The first-order chi connectivity index (χ1) is 8.15. The molecule has 2 amide bonds. The van der Waals surface area contributed by atoms with Gasteiger partial charge in [0.15, 0.2) is 0 Å². The summed E-state index contributed by atoms with van der Waals surface area (Å²) in [6, 6.07) is 5.19. The van der Waals surface area contributed by atoms with Gasteiger partial charge in [-0.2, -0.15) is 0 Å². The molecular weight excluding hydrogens is 219 g/mol. The van der Waals surface area contributed by atoms with Crippen LogP contribution in [0, 0.1) is 18.2 Å². The molecule has 0 aliphatic carbocycles. The predicted octanol–water partition coefficient (Wildman–Crippen LogP) is 2.75. The first-order valence-corrected chi connectivity index (χ1v) is 5.42. The number of terminal acetylenes is 1. The molecule has 4 heteroatoms. The Morgan fingerprint density at radius 3 is 2.65 bits per heavy atom. The summed E-state index contributed by atoms with van der Waals surface area (Å²) in [5.74, 6) is 2.17. The molecule has 90 valence electrons. The summed E-state index contributed by atoms with van der Waals surface area (Å²) in [6.45, 7) is 1.94. The third kappa shape index (κ3) is 4.56. The number of nitrogens with one attached hydrogen (secondary N) is 2. The van der Waals surface area contributed by atoms with Crippen molar-refractivity contribution < 1.29 is 9.18 Å². The van der Waals surface area contributed by atoms with Crippen molar-refractivity contribution in [1.29, 1.82) is 0 Å². The number of benzene rings is 1. The fraction of sp³-hybridized carbons (Fsp3) is 0.308. The molecule has 0 fully saturated rings. The smallest absolute Gasteiger partial charge is 0.319 e. The van der Waals surface area contributed by atoms with Gasteiger partial charge in [0.1, 0.15) is 5.82 Å². The second-order valence-corrected chi connectivity index (χ2v) is 3.62. The lowest BCUT2D eigenvalue weighted by Crippen LogP contribution is -2.37. The zero-order chi connectivity index (χ0) is 12.7. The first kappa shape index (κ1) is 13.0. The Labute approximate surface area is 100 Å². The van der Waals surface area contributed by atoms with E-state index in [1.165, 1.54) is 24.3 Å². The van der Waals surface area contributed by atoms with E-state index < -0.39 is 0 Å². The van der Waals surface area contributed by atoms with Crippen LogP contribution in [-0.4, -0.2) is 12.1 Å². The second kappa shape index (κ2) is 6.54. The van der Waals surface area contributed by atoms with Crippen LogP contribution in [0.3, 0.4) is 0 Å². The first-order valence-electron chi connectivity index (χ1n) is 5.42. The van der Waals surface area contributed by atoms with Crippen molar-refractivity contribution in [2.75, 3.05) is 5.32 Å². The highest BCUT2D eigenvalue weighted by Crippen LogP contribution is 2.08. The van der Waals surface area contributed by atoms with Gasteiger partial charge in [0.05, 0.1) is 0 Å². The highest BCUT2D eigenvalue weighted by molar-refractivity contribution is 5.89. The van der Waals surface area contributed by atoms with E-state index in [1.807, 2.05) is 6.92 Å². The minimum atomic E-state index is -0.338. The summed E-state index contributed by atoms with van der Waals surface area (Å²) < 4.78 is 12.6. The van der Waals surface area contributed by atoms with E-state index in [0.717, 1.165) is 6.42 Å². The monoisotopic (exact) mass is 234 g/mol. The largest absolute Gasteiger partial charge is 0.334 e. The lowest BCUT2D eigenvalue weighted by molar-refractivity contribution is 0.248. The maximum atomic E-state index is 12.6. The molecule has 1 rings (SSSR count). The van der Waals surface area contributed by atoms with Crippen LogP contribution < -0.4 is 10.6 Å². The molecule has 1 unspecified atom stereocenters. The molecular formula is C13H15FN2O. The molecule has 0 radical (unpaired) electrons. The molecule has 17 heavy (non-hydrogen) atoms. The van der Waals surface area contributed by atoms with E-state index in [0.29, 0.717) is 12.1 Å². The van der Waals surface area contributed by atoms with E-state index in [9.17, 15) is 9.18 Å². The van der Waals surface area contributed by atoms with Crippen molar-refractivity contribution in [3.63, 3.8) is 0 Å². The Morgan fingerprint density at radius 1 is 1.47 bits per heavy atom. The van der Waals surface area contributed by atoms with Crippen molar-refractivity contribution in [2.24, 2.45) is 0 Å². The van der Waals surface area contributed by atoms with E-state index in [-0.39, 0.29) is 17.9 Å². The molecule has 1 aromatic carbocycles. The highest BCUT2D eigenvalue weighted by Gasteiger charge is 2.08. The van der Waals surface area contributed by atoms with Crippen molar-refractivity contribution in [3.8, 4) is 12.3 Å². The van der Waals surface area contributed by atoms with E-state index in [1.54, 1.807) is 0 Å². The number of carbonyl (C=O) groups excluding carboxylic acids is 1. The molecule has 1 aromatic rings. The number of amides is 2. The van der Waals surface area contributed by atoms with Gasteiger partial charge in [0.25, 0.3) is 0 Å². The zero-order valence-electron chi connectivity index (χ0n) is 9.66. The lowest BCUT2D eigenvalue weighted by Gasteiger charge is -2.14. The highest BCUT2D eigenvalue weighted by atomic mass is 19.1. The van der Waals surface area contributed by atoms with Crippen LogP contribution in [0.5, 0.6) is 0 Å². The molecule has 2 N–H and O–H groups in total. The van der Waals surface area contributed by atoms with Crippen LogP contribution in [0.15, 0.2) is 24.3 Å². The van der Waals surface area contributed by atoms with Crippen LogP contribution in [0.4, 0.5) is 14.9 Å². The lowest BCUT2D eigenvalue weighted by atomic mass is 10.1. The summed E-state index contributed by atoms with van der Waals surface area (Å²) in [5.41, 5.74) is 0.541. The Bertz CT molecular complexity index is 408. The van der Waals surface area contributed by atoms with Crippen LogP contribution in [0.25, 0.3) is 0 Å². The Morgan fingerprint density at radius 2 is 2.12 bits per heavy atom. The SMILES string of the molecule is C#CCC(CC)NC(=O)Nc1ccc(F)cc1. The number of rotatable bonds is 4. The minimum absolute atomic E-state index is 0.0413. The number of carbonyl (C=O) groups is 1. The molecule has 0 saturated heterocycles. The van der Waals surface area contributed by atoms with E-state index in [4.69, 9.17) is 6.42 Å². The number of anilines is 1. The Hall–Kier alpha value is -2.02. The van der Waals surface area contributed by atoms with Crippen molar-refractivity contribution in [2.45, 2.75) is 25.8 Å². The van der Waals surface area contributed by atoms with Crippen LogP contribution in [0.1, 0.15) is 19.8 Å². The normalized spacial score (nSPS) is 11.4. The van der Waals surface area contributed by atoms with Gasteiger partial charge in [-0.15, -0.1) is 12.3 Å². The average molecular weight is 234 g/mol. The van der Waals surface area contributed by atoms with E-state index in [2.05, 4.69) is 16.6 Å². The molecule has 0 aromatic heterocycles. The van der Waals surface area contributed by atoms with Crippen molar-refractivity contribution in [1.82, 2.24) is 5.32 Å². The summed E-state index contributed by atoms with van der Waals surface area (Å²) in [6.07, 6.45) is 6.44. The zero-order valence-corrected chi connectivity index (χ0v) is 9.66. The van der Waals surface area contributed by atoms with Gasteiger partial charge < -0.3 is 10.6 Å². The molecule has 0 bridgehead atoms. The number of halogens is 1. The van der Waals surface area contributed by atoms with Gasteiger partial charge in [-0.05, 0) is 30.7 Å². The summed E-state index contributed by atoms with van der Waals surface area (Å²) >= 11 is 0. The summed E-state index contributed by atoms with van der Waals surface area (Å²) in [7, 11) is 0. The quantitative estimate of drug-likeness (QED) is 0.773. The molecule has 0 aliphatic rings. The van der Waals surface area contributed by atoms with Crippen molar-refractivity contribution in [3.05, 3.63) is 30.1 Å². The van der Waals surface area contributed by atoms with Gasteiger partial charge >= 0.3 is 6.03 Å². The molecule has 3 nitrogen and oxygen atoms in total. The minimum Gasteiger partial charge on any atom is -0.334 e. The Kier molecular flexibility index (Phi) is 5.02. The third-order valence-electron chi connectivity index (χ3n) is 2.29. The molecule has 0 spiro atoms. The van der Waals surface area contributed by atoms with Gasteiger partial charge in [-0.1, -0.05) is 6.92 Å². The number of hydrogen-bond donors (Lipinski definition) is 2. The number of hydrogen-bond acceptors (Lipinski definition) is 1. The standard InChI is InChI=1S/C13H15FN2O/c1-3-5-11(4-2)15-13(17)16-12-8-6-10(14)7-9-12/h1,6-9,11H,4-5H2,2H3,(H2,15,16,17). The third-order valence-corrected chi connectivity index (χ3v) is 2.29. The maximum absolute atomic E-state index is 12.6. The summed E-state index contributed by atoms with van der Waals surface area (Å²) in [5, 5.41) is 5.35. The molecule has 0 aliphatic heterocycles. The molecule has 1 atom stereocenters. The van der Waals surface area contributed by atoms with E-state index >= 15 is 0 Å². The van der Waals surface area contributed by atoms with Crippen LogP contribution in [-0.2, 0) is 0 Å². The van der Waals surface area contributed by atoms with Gasteiger partial charge in [0.2, 0.25) is 0 Å². The fourth-order valence-corrected chi connectivity index (χ4v) is 1.33. The van der Waals surface area contributed by atoms with Crippen LogP contribution >= 0.6 is 0 Å². The topological polar surface area (TPSA) is 41.1 Å². The maximum Gasteiger partial charge on any atom is 0.319 e. The Balaban J connectivity index is 2.49. The molecule has 0 saturated carbocycles. The summed E-state index contributed by atoms with van der Waals surface area (Å²) in [4.78, 5) is 11.6. The second-order valence-electron chi connectivity index (χ2n) is 3.62. The fourth-order valence-electron chi connectivity index (χ4n) is 1.33. The van der Waals surface area contributed by atoms with Gasteiger partial charge in [0, 0.05) is 18.2 Å². The van der Waals surface area contributed by atoms with Gasteiger partial charge in [-0.25, -0.2) is 9.18 Å². The van der Waals surface area contributed by atoms with Crippen molar-refractivity contribution >= 4 is 11.7 Å². The average Bonchev–Trinajstić information content (AvgIpc) is 2.31. The predicted molar refractivity (Wildman–Crippen MR) is 66.1 cm³/mol. The number of urea groups is 1. The van der Waals surface area contributed by atoms with Crippen LogP contribution in [0.2, 0.25) is 0 Å². The molecule has 0 heterocycles.